The molecule has 0 saturated carbocycles. The van der Waals surface area contributed by atoms with Crippen LogP contribution in [0.5, 0.6) is 0 Å². The first kappa shape index (κ1) is 97.7. The summed E-state index contributed by atoms with van der Waals surface area (Å²) in [5, 5.41) is 37.9. The minimum atomic E-state index is -0.512. The Hall–Kier alpha value is -9.37. The molecule has 1 unspecified atom stereocenters. The minimum absolute atomic E-state index is 0.00343. The zero-order chi connectivity index (χ0) is 84.9. The number of amides is 6. The van der Waals surface area contributed by atoms with Crippen molar-refractivity contribution in [2.45, 2.75) is 236 Å². The van der Waals surface area contributed by atoms with Gasteiger partial charge in [-0.15, -0.1) is 5.10 Å². The van der Waals surface area contributed by atoms with Gasteiger partial charge in [-0.05, 0) is 142 Å². The molecule has 0 N–H and O–H groups in total. The lowest BCUT2D eigenvalue weighted by Crippen LogP contribution is -2.39. The SMILES string of the molecule is C=CC(=O)C1CCCN1C(C)C.CC(C)(C)c1cnc(C#N)o1.CC(C)(C)c1nnc(C#N)o1.CC(C)(C)c1noc(C#N)n1.CC(C)N1C(=O)C(Cl)=C(Cl)C1=O.CC(C)N1C(=O)C=C(Cl)C1=O.CC(C)N1C(=O)C=CC1=O.CC(C)c1ccc(Cl)nc1.CC(C)c1cnccc1Cl.CC(C)n1sc2ccccc2c1=O. The second-order valence-electron chi connectivity index (χ2n) is 29.8. The van der Waals surface area contributed by atoms with Crippen LogP contribution in [0, 0.1) is 34.0 Å². The maximum atomic E-state index is 11.7. The van der Waals surface area contributed by atoms with Crippen molar-refractivity contribution in [3.8, 4) is 18.2 Å². The molecule has 111 heavy (non-hydrogen) atoms. The van der Waals surface area contributed by atoms with E-state index in [1.165, 1.54) is 40.2 Å². The molecule has 0 aliphatic carbocycles. The summed E-state index contributed by atoms with van der Waals surface area (Å²) in [5.41, 5.74) is 2.08. The van der Waals surface area contributed by atoms with Crippen LogP contribution in [0.25, 0.3) is 10.1 Å². The molecule has 10 heterocycles. The lowest BCUT2D eigenvalue weighted by Gasteiger charge is -2.26. The summed E-state index contributed by atoms with van der Waals surface area (Å²) in [7, 11) is 0. The van der Waals surface area contributed by atoms with Crippen molar-refractivity contribution < 1.29 is 46.9 Å². The van der Waals surface area contributed by atoms with Crippen LogP contribution in [0.3, 0.4) is 0 Å². The van der Waals surface area contributed by atoms with Crippen LogP contribution in [-0.2, 0) is 49.8 Å². The van der Waals surface area contributed by atoms with E-state index in [0.717, 1.165) is 61.7 Å². The number of halogens is 5. The number of nitriles is 3. The molecule has 0 bridgehead atoms. The number of likely N-dealkylation sites (tertiary alicyclic amines) is 1. The number of carbonyl (C=O) groups is 7. The summed E-state index contributed by atoms with van der Waals surface area (Å²) in [4.78, 5) is 110. The second-order valence-corrected chi connectivity index (χ2v) is 32.7. The van der Waals surface area contributed by atoms with Crippen LogP contribution < -0.4 is 5.56 Å². The van der Waals surface area contributed by atoms with Gasteiger partial charge >= 0.3 is 17.7 Å². The predicted octanol–water partition coefficient (Wildman–Crippen LogP) is 17.0. The third-order valence-electron chi connectivity index (χ3n) is 15.3. The lowest BCUT2D eigenvalue weighted by molar-refractivity contribution is -0.140. The molecule has 6 amide bonds. The number of aromatic nitrogens is 8. The van der Waals surface area contributed by atoms with Crippen LogP contribution in [-0.4, -0.2) is 137 Å². The van der Waals surface area contributed by atoms with E-state index in [4.69, 9.17) is 82.6 Å². The molecule has 4 aliphatic rings. The van der Waals surface area contributed by atoms with Crippen LogP contribution in [0.15, 0.2) is 131 Å². The van der Waals surface area contributed by atoms with Crippen LogP contribution in [0.4, 0.5) is 0 Å². The summed E-state index contributed by atoms with van der Waals surface area (Å²) in [6.45, 7) is 49.7. The van der Waals surface area contributed by atoms with Crippen LogP contribution in [0.1, 0.15) is 236 Å². The van der Waals surface area contributed by atoms with Crippen molar-refractivity contribution in [3.05, 3.63) is 180 Å². The number of pyridine rings is 2. The van der Waals surface area contributed by atoms with Crippen molar-refractivity contribution in [1.29, 1.82) is 15.8 Å². The zero-order valence-electron chi connectivity index (χ0n) is 67.1. The number of imide groups is 3. The average Bonchev–Trinajstić information content (AvgIpc) is 1.66. The van der Waals surface area contributed by atoms with Gasteiger partial charge in [-0.3, -0.25) is 66.9 Å². The lowest BCUT2D eigenvalue weighted by atomic mass is 9.94. The molecular formula is C79H100Cl5N15O11S. The van der Waals surface area contributed by atoms with E-state index in [1.807, 2.05) is 155 Å². The number of carbonyl (C=O) groups excluding carboxylic acids is 7. The number of rotatable bonds is 9. The summed E-state index contributed by atoms with van der Waals surface area (Å²) >= 11 is 29.4. The van der Waals surface area contributed by atoms with E-state index in [-0.39, 0.29) is 108 Å². The first-order chi connectivity index (χ1) is 51.5. The van der Waals surface area contributed by atoms with E-state index in [1.54, 1.807) is 52.2 Å². The predicted molar refractivity (Wildman–Crippen MR) is 431 cm³/mol. The Morgan fingerprint density at radius 2 is 1.16 bits per heavy atom. The molecule has 6 aromatic heterocycles. The number of benzene rings is 1. The molecule has 4 aliphatic heterocycles. The van der Waals surface area contributed by atoms with E-state index in [2.05, 4.69) is 92.8 Å². The third-order valence-corrected chi connectivity index (χ3v) is 18.3. The molecule has 598 valence electrons. The van der Waals surface area contributed by atoms with Gasteiger partial charge in [0.25, 0.3) is 41.0 Å². The molecule has 1 atom stereocenters. The fourth-order valence-electron chi connectivity index (χ4n) is 9.36. The largest absolute Gasteiger partial charge is 0.433 e. The van der Waals surface area contributed by atoms with Crippen molar-refractivity contribution in [1.82, 2.24) is 58.8 Å². The first-order valence-corrected chi connectivity index (χ1v) is 38.0. The van der Waals surface area contributed by atoms with E-state index < -0.39 is 17.7 Å². The van der Waals surface area contributed by atoms with Crippen molar-refractivity contribution in [2.24, 2.45) is 0 Å². The highest BCUT2D eigenvalue weighted by molar-refractivity contribution is 7.13. The Morgan fingerprint density at radius 1 is 0.604 bits per heavy atom. The number of fused-ring (bicyclic) bond motifs is 1. The van der Waals surface area contributed by atoms with Gasteiger partial charge in [0.05, 0.1) is 22.3 Å². The highest BCUT2D eigenvalue weighted by Crippen LogP contribution is 2.29. The number of ketones is 1. The van der Waals surface area contributed by atoms with Crippen LogP contribution in [0.2, 0.25) is 10.2 Å². The molecule has 7 aromatic rings. The number of hydrogen-bond acceptors (Lipinski definition) is 23. The summed E-state index contributed by atoms with van der Waals surface area (Å²) in [6, 6.07) is 19.2. The molecular weight excluding hydrogens is 1540 g/mol. The van der Waals surface area contributed by atoms with Crippen molar-refractivity contribution in [2.75, 3.05) is 6.54 Å². The van der Waals surface area contributed by atoms with Gasteiger partial charge in [-0.1, -0.05) is 195 Å². The fraction of sp³-hybridized carbons (Fsp3) is 0.468. The normalized spacial score (nSPS) is 14.6. The van der Waals surface area contributed by atoms with Crippen molar-refractivity contribution >= 4 is 121 Å². The number of oxazole rings is 1. The van der Waals surface area contributed by atoms with E-state index in [9.17, 15) is 38.4 Å². The molecule has 11 rings (SSSR count). The Bertz CT molecular complexity index is 4410. The maximum absolute atomic E-state index is 11.7. The summed E-state index contributed by atoms with van der Waals surface area (Å²) < 4.78 is 17.6. The number of hydrogen-bond donors (Lipinski definition) is 0. The topological polar surface area (TPSA) is 355 Å². The smallest absolute Gasteiger partial charge is 0.329 e. The van der Waals surface area contributed by atoms with Gasteiger partial charge in [-0.25, -0.2) is 9.97 Å². The molecule has 1 fully saturated rings. The first-order valence-electron chi connectivity index (χ1n) is 35.3. The van der Waals surface area contributed by atoms with Gasteiger partial charge in [0.1, 0.15) is 26.0 Å². The monoisotopic (exact) mass is 1640 g/mol. The van der Waals surface area contributed by atoms with Gasteiger partial charge < -0.3 is 13.4 Å². The van der Waals surface area contributed by atoms with Crippen molar-refractivity contribution in [3.63, 3.8) is 0 Å². The Balaban J connectivity index is 0.000000419. The zero-order valence-corrected chi connectivity index (χ0v) is 71.7. The van der Waals surface area contributed by atoms with E-state index >= 15 is 0 Å². The average molecular weight is 1650 g/mol. The van der Waals surface area contributed by atoms with Gasteiger partial charge in [0, 0.05) is 88.3 Å². The highest BCUT2D eigenvalue weighted by atomic mass is 35.5. The van der Waals surface area contributed by atoms with Gasteiger partial charge in [0.15, 0.2) is 29.8 Å². The van der Waals surface area contributed by atoms with E-state index in [0.29, 0.717) is 34.7 Å². The fourth-order valence-corrected chi connectivity index (χ4v) is 11.3. The maximum Gasteiger partial charge on any atom is 0.329 e. The third kappa shape index (κ3) is 30.7. The molecule has 1 aromatic carbocycles. The highest BCUT2D eigenvalue weighted by Gasteiger charge is 2.38. The Morgan fingerprint density at radius 3 is 1.50 bits per heavy atom. The second kappa shape index (κ2) is 45.2. The molecule has 0 radical (unpaired) electrons. The molecule has 32 heteroatoms. The quantitative estimate of drug-likeness (QED) is 0.0736. The van der Waals surface area contributed by atoms with Crippen LogP contribution >= 0.6 is 69.5 Å². The summed E-state index contributed by atoms with van der Waals surface area (Å²) in [6.07, 6.45) is 14.2. The molecule has 0 spiro atoms. The summed E-state index contributed by atoms with van der Waals surface area (Å²) in [5.74, 6) is 0.995. The Kier molecular flexibility index (Phi) is 39.8. The van der Waals surface area contributed by atoms with Gasteiger partial charge in [0.2, 0.25) is 5.89 Å². The minimum Gasteiger partial charge on any atom is -0.433 e. The standard InChI is InChI=1S/C10H11NOS.C10H17NO.2C8H10ClN.C8H10N2O.C7H7Cl2NO2.C7H8ClNO2.2C7H9N3O.C7H9NO2/c1-7(2)11-10(12)8-5-3-4-6-9(8)13-11;1-4-10(12)9-6-5-7-11(9)8(2)3;1-6(2)7-5-10-4-3-8(7)9;1-6(2)7-3-4-8(9)10-5-7;1-8(2,3)6-5-10-7(4-9)11-6;1-3(2)10-6(11)4(8)5(9)7(10)12;1-4(2)9-6(10)3-5(8)7(9)11;1-7(2,3)6-10-9-5(4-8)11-6;1-7(2,3)6-9-5(4-8)11-10-6;1-5(2)8-6(9)3-4-7(8)10/h3-7H,1-2H3;4,8-9H,1,5-7H2,2-3H3;2*3-6H,1-2H3;5H,1-3H3;3H,1-2H3;3-4H,1-2H3;2*1-3H3;3-5H,1-2H3. The molecule has 26 nitrogen and oxygen atoms in total. The molecule has 1 saturated heterocycles. The number of nitrogens with zero attached hydrogens (tertiary/aromatic N) is 15. The van der Waals surface area contributed by atoms with Gasteiger partial charge in [-0.2, -0.15) is 20.8 Å². The Labute approximate surface area is 679 Å².